The van der Waals surface area contributed by atoms with Crippen LogP contribution in [0.1, 0.15) is 34.6 Å². The second kappa shape index (κ2) is 7.96. The zero-order chi connectivity index (χ0) is 15.1. The van der Waals surface area contributed by atoms with Gasteiger partial charge in [-0.15, -0.1) is 0 Å². The number of hydrogen-bond acceptors (Lipinski definition) is 2. The summed E-state index contributed by atoms with van der Waals surface area (Å²) in [6.45, 7) is 6.31. The van der Waals surface area contributed by atoms with Gasteiger partial charge in [0.15, 0.2) is 0 Å². The topological polar surface area (TPSA) is 32.3 Å². The summed E-state index contributed by atoms with van der Waals surface area (Å²) < 4.78 is 0. The van der Waals surface area contributed by atoms with Crippen LogP contribution >= 0.6 is 0 Å². The molecule has 0 saturated carbocycles. The van der Waals surface area contributed by atoms with Gasteiger partial charge in [-0.3, -0.25) is 0 Å². The zero-order valence-electron chi connectivity index (χ0n) is 13.0. The molecule has 2 aromatic rings. The average molecular weight is 283 g/mol. The van der Waals surface area contributed by atoms with Crippen molar-refractivity contribution in [1.82, 2.24) is 5.32 Å². The van der Waals surface area contributed by atoms with Crippen molar-refractivity contribution >= 4 is 0 Å². The summed E-state index contributed by atoms with van der Waals surface area (Å²) in [7, 11) is 0. The first-order valence-corrected chi connectivity index (χ1v) is 7.64. The van der Waals surface area contributed by atoms with Crippen LogP contribution in [0.2, 0.25) is 0 Å². The molecule has 0 fully saturated rings. The van der Waals surface area contributed by atoms with Crippen LogP contribution in [0.25, 0.3) is 0 Å². The van der Waals surface area contributed by atoms with Gasteiger partial charge in [-0.25, -0.2) is 0 Å². The highest BCUT2D eigenvalue weighted by Gasteiger charge is 2.11. The van der Waals surface area contributed by atoms with E-state index in [0.29, 0.717) is 5.92 Å². The summed E-state index contributed by atoms with van der Waals surface area (Å²) in [6.07, 6.45) is 0.795. The molecule has 0 aliphatic rings. The number of aliphatic hydroxyl groups excluding tert-OH is 1. The van der Waals surface area contributed by atoms with Crippen LogP contribution in [0, 0.1) is 13.8 Å². The molecule has 0 bridgehead atoms. The summed E-state index contributed by atoms with van der Waals surface area (Å²) in [5, 5.41) is 12.8. The minimum Gasteiger partial charge on any atom is -0.396 e. The lowest BCUT2D eigenvalue weighted by Crippen LogP contribution is -2.23. The first kappa shape index (κ1) is 15.7. The van der Waals surface area contributed by atoms with Crippen molar-refractivity contribution in [2.75, 3.05) is 13.2 Å². The maximum absolute atomic E-state index is 9.27. The third kappa shape index (κ3) is 4.42. The molecule has 0 amide bonds. The number of benzene rings is 2. The first-order chi connectivity index (χ1) is 10.2. The van der Waals surface area contributed by atoms with E-state index in [1.807, 2.05) is 6.07 Å². The van der Waals surface area contributed by atoms with E-state index in [0.717, 1.165) is 19.5 Å². The highest BCUT2D eigenvalue weighted by Crippen LogP contribution is 2.19. The largest absolute Gasteiger partial charge is 0.396 e. The molecule has 0 aliphatic carbocycles. The fourth-order valence-electron chi connectivity index (χ4n) is 2.77. The Morgan fingerprint density at radius 1 is 0.952 bits per heavy atom. The predicted octanol–water partition coefficient (Wildman–Crippen LogP) is 3.56. The summed E-state index contributed by atoms with van der Waals surface area (Å²) in [4.78, 5) is 0. The van der Waals surface area contributed by atoms with Crippen LogP contribution in [0.15, 0.2) is 48.5 Å². The molecule has 1 atom stereocenters. The van der Waals surface area contributed by atoms with E-state index >= 15 is 0 Å². The Morgan fingerprint density at radius 2 is 1.62 bits per heavy atom. The van der Waals surface area contributed by atoms with Crippen molar-refractivity contribution in [1.29, 1.82) is 0 Å². The smallest absolute Gasteiger partial charge is 0.0437 e. The van der Waals surface area contributed by atoms with Crippen LogP contribution in [-0.2, 0) is 6.54 Å². The molecule has 2 heteroatoms. The van der Waals surface area contributed by atoms with Crippen molar-refractivity contribution in [3.63, 3.8) is 0 Å². The minimum atomic E-state index is 0.227. The Labute approximate surface area is 127 Å². The summed E-state index contributed by atoms with van der Waals surface area (Å²) in [5.41, 5.74) is 5.34. The van der Waals surface area contributed by atoms with E-state index in [9.17, 15) is 5.11 Å². The molecule has 2 rings (SSSR count). The molecule has 0 spiro atoms. The van der Waals surface area contributed by atoms with Crippen LogP contribution in [-0.4, -0.2) is 18.3 Å². The molecule has 21 heavy (non-hydrogen) atoms. The average Bonchev–Trinajstić information content (AvgIpc) is 2.50. The number of aliphatic hydroxyl groups is 1. The lowest BCUT2D eigenvalue weighted by Gasteiger charge is -2.18. The van der Waals surface area contributed by atoms with E-state index < -0.39 is 0 Å². The van der Waals surface area contributed by atoms with Crippen molar-refractivity contribution in [3.8, 4) is 0 Å². The lowest BCUT2D eigenvalue weighted by molar-refractivity contribution is 0.273. The normalized spacial score (nSPS) is 12.3. The van der Waals surface area contributed by atoms with Gasteiger partial charge in [-0.05, 0) is 48.4 Å². The molecule has 112 valence electrons. The highest BCUT2D eigenvalue weighted by atomic mass is 16.3. The van der Waals surface area contributed by atoms with Crippen LogP contribution in [0.4, 0.5) is 0 Å². The molecule has 2 aromatic carbocycles. The third-order valence-corrected chi connectivity index (χ3v) is 4.09. The van der Waals surface area contributed by atoms with Gasteiger partial charge in [0.1, 0.15) is 0 Å². The Balaban J connectivity index is 1.97. The molecule has 0 aromatic heterocycles. The van der Waals surface area contributed by atoms with Gasteiger partial charge in [0, 0.05) is 19.7 Å². The maximum atomic E-state index is 9.27. The maximum Gasteiger partial charge on any atom is 0.0437 e. The minimum absolute atomic E-state index is 0.227. The SMILES string of the molecule is Cc1cccc(C)c1CNCC(CCO)c1ccccc1. The van der Waals surface area contributed by atoms with Crippen LogP contribution in [0.5, 0.6) is 0 Å². The zero-order valence-corrected chi connectivity index (χ0v) is 13.0. The monoisotopic (exact) mass is 283 g/mol. The number of nitrogens with one attached hydrogen (secondary N) is 1. The molecule has 0 heterocycles. The molecular weight excluding hydrogens is 258 g/mol. The molecule has 1 unspecified atom stereocenters. The molecular formula is C19H25NO. The lowest BCUT2D eigenvalue weighted by atomic mass is 9.95. The van der Waals surface area contributed by atoms with Gasteiger partial charge in [-0.2, -0.15) is 0 Å². The second-order valence-corrected chi connectivity index (χ2v) is 5.62. The number of aryl methyl sites for hydroxylation is 2. The summed E-state index contributed by atoms with van der Waals surface area (Å²) in [5.74, 6) is 0.362. The van der Waals surface area contributed by atoms with E-state index in [-0.39, 0.29) is 6.61 Å². The van der Waals surface area contributed by atoms with E-state index in [2.05, 4.69) is 61.6 Å². The molecule has 0 saturated heterocycles. The van der Waals surface area contributed by atoms with Gasteiger partial charge in [-0.1, -0.05) is 48.5 Å². The fraction of sp³-hybridized carbons (Fsp3) is 0.368. The van der Waals surface area contributed by atoms with Gasteiger partial charge in [0.05, 0.1) is 0 Å². The quantitative estimate of drug-likeness (QED) is 0.814. The summed E-state index contributed by atoms with van der Waals surface area (Å²) >= 11 is 0. The Hall–Kier alpha value is -1.64. The van der Waals surface area contributed by atoms with Crippen LogP contribution < -0.4 is 5.32 Å². The highest BCUT2D eigenvalue weighted by molar-refractivity contribution is 5.33. The standard InChI is InChI=1S/C19H25NO/c1-15-7-6-8-16(2)19(15)14-20-13-18(11-12-21)17-9-4-3-5-10-17/h3-10,18,20-21H,11-14H2,1-2H3. The van der Waals surface area contributed by atoms with E-state index in [1.54, 1.807) is 0 Å². The van der Waals surface area contributed by atoms with Gasteiger partial charge in [0.2, 0.25) is 0 Å². The van der Waals surface area contributed by atoms with Gasteiger partial charge in [0.25, 0.3) is 0 Å². The summed E-state index contributed by atoms with van der Waals surface area (Å²) in [6, 6.07) is 16.9. The van der Waals surface area contributed by atoms with Crippen molar-refractivity contribution in [2.24, 2.45) is 0 Å². The van der Waals surface area contributed by atoms with Crippen molar-refractivity contribution in [2.45, 2.75) is 32.7 Å². The first-order valence-electron chi connectivity index (χ1n) is 7.64. The number of hydrogen-bond donors (Lipinski definition) is 2. The van der Waals surface area contributed by atoms with E-state index in [1.165, 1.54) is 22.3 Å². The third-order valence-electron chi connectivity index (χ3n) is 4.09. The number of rotatable bonds is 7. The van der Waals surface area contributed by atoms with Crippen LogP contribution in [0.3, 0.4) is 0 Å². The van der Waals surface area contributed by atoms with E-state index in [4.69, 9.17) is 0 Å². The molecule has 0 aliphatic heterocycles. The van der Waals surface area contributed by atoms with Crippen molar-refractivity contribution in [3.05, 3.63) is 70.8 Å². The Kier molecular flexibility index (Phi) is 5.97. The molecule has 2 N–H and O–H groups in total. The Morgan fingerprint density at radius 3 is 2.24 bits per heavy atom. The second-order valence-electron chi connectivity index (χ2n) is 5.62. The predicted molar refractivity (Wildman–Crippen MR) is 88.5 cm³/mol. The molecule has 2 nitrogen and oxygen atoms in total. The van der Waals surface area contributed by atoms with Crippen molar-refractivity contribution < 1.29 is 5.11 Å². The Bertz CT molecular complexity index is 530. The van der Waals surface area contributed by atoms with Gasteiger partial charge < -0.3 is 10.4 Å². The fourth-order valence-corrected chi connectivity index (χ4v) is 2.77. The van der Waals surface area contributed by atoms with Gasteiger partial charge >= 0.3 is 0 Å². The molecule has 0 radical (unpaired) electrons.